The molecule has 0 aromatic heterocycles. The highest BCUT2D eigenvalue weighted by Crippen LogP contribution is 2.30. The maximum absolute atomic E-state index is 12.6. The fourth-order valence-corrected chi connectivity index (χ4v) is 4.07. The zero-order valence-electron chi connectivity index (χ0n) is 13.8. The molecule has 126 valence electrons. The first-order valence-electron chi connectivity index (χ1n) is 7.71. The first-order chi connectivity index (χ1) is 11.3. The normalized spacial score (nSPS) is 14.0. The van der Waals surface area contributed by atoms with Crippen LogP contribution in [0.5, 0.6) is 5.75 Å². The molecule has 0 aliphatic carbocycles. The van der Waals surface area contributed by atoms with E-state index in [0.717, 1.165) is 22.3 Å². The van der Waals surface area contributed by atoms with Crippen LogP contribution in [0.4, 0.5) is 5.69 Å². The molecule has 2 aromatic carbocycles. The summed E-state index contributed by atoms with van der Waals surface area (Å²) >= 11 is 0. The fourth-order valence-electron chi connectivity index (χ4n) is 2.97. The number of nitrogens with one attached hydrogen (secondary N) is 1. The van der Waals surface area contributed by atoms with Crippen LogP contribution >= 0.6 is 0 Å². The Morgan fingerprint density at radius 2 is 1.67 bits per heavy atom. The van der Waals surface area contributed by atoms with Crippen LogP contribution in [0.15, 0.2) is 35.2 Å². The van der Waals surface area contributed by atoms with Gasteiger partial charge in [0.25, 0.3) is 0 Å². The number of rotatable bonds is 3. The van der Waals surface area contributed by atoms with Gasteiger partial charge >= 0.3 is 10.1 Å². The molecule has 1 heterocycles. The molecule has 0 saturated heterocycles. The van der Waals surface area contributed by atoms with Crippen molar-refractivity contribution in [1.29, 1.82) is 0 Å². The van der Waals surface area contributed by atoms with Gasteiger partial charge in [0.2, 0.25) is 5.91 Å². The van der Waals surface area contributed by atoms with E-state index in [1.54, 1.807) is 12.1 Å². The molecule has 0 unspecified atom stereocenters. The number of amides is 1. The van der Waals surface area contributed by atoms with Crippen LogP contribution in [0.2, 0.25) is 0 Å². The van der Waals surface area contributed by atoms with Crippen molar-refractivity contribution in [2.45, 2.75) is 38.5 Å². The Labute approximate surface area is 141 Å². The second-order valence-electron chi connectivity index (χ2n) is 6.13. The molecular weight excluding hydrogens is 326 g/mol. The maximum Gasteiger partial charge on any atom is 0.339 e. The van der Waals surface area contributed by atoms with Crippen LogP contribution in [0.25, 0.3) is 0 Å². The standard InChI is InChI=1S/C18H19NO4S/c1-11-8-12(2)18(13(3)9-11)23-24(21,22)15-5-6-16-14(10-15)4-7-17(20)19-16/h5-6,8-10H,4,7H2,1-3H3,(H,19,20). The zero-order valence-corrected chi connectivity index (χ0v) is 14.7. The number of aryl methyl sites for hydroxylation is 4. The minimum Gasteiger partial charge on any atom is -0.378 e. The summed E-state index contributed by atoms with van der Waals surface area (Å²) in [6.45, 7) is 5.61. The van der Waals surface area contributed by atoms with E-state index in [9.17, 15) is 13.2 Å². The summed E-state index contributed by atoms with van der Waals surface area (Å²) in [5.41, 5.74) is 4.08. The Hall–Kier alpha value is -2.34. The van der Waals surface area contributed by atoms with Crippen LogP contribution in [0.3, 0.4) is 0 Å². The molecule has 0 bridgehead atoms. The van der Waals surface area contributed by atoms with Crippen molar-refractivity contribution in [2.75, 3.05) is 5.32 Å². The quantitative estimate of drug-likeness (QED) is 0.867. The summed E-state index contributed by atoms with van der Waals surface area (Å²) in [6.07, 6.45) is 0.876. The number of anilines is 1. The smallest absolute Gasteiger partial charge is 0.339 e. The van der Waals surface area contributed by atoms with Gasteiger partial charge in [0, 0.05) is 12.1 Å². The third kappa shape index (κ3) is 3.14. The number of carbonyl (C=O) groups excluding carboxylic acids is 1. The fraction of sp³-hybridized carbons (Fsp3) is 0.278. The molecule has 0 fully saturated rings. The van der Waals surface area contributed by atoms with Gasteiger partial charge in [-0.1, -0.05) is 17.7 Å². The maximum atomic E-state index is 12.6. The van der Waals surface area contributed by atoms with Gasteiger partial charge in [0.15, 0.2) is 0 Å². The highest BCUT2D eigenvalue weighted by Gasteiger charge is 2.22. The molecule has 1 amide bonds. The van der Waals surface area contributed by atoms with E-state index in [1.807, 2.05) is 32.9 Å². The van der Waals surface area contributed by atoms with Crippen LogP contribution < -0.4 is 9.50 Å². The molecule has 24 heavy (non-hydrogen) atoms. The monoisotopic (exact) mass is 345 g/mol. The molecule has 0 saturated carbocycles. The predicted octanol–water partition coefficient (Wildman–Crippen LogP) is 3.26. The highest BCUT2D eigenvalue weighted by molar-refractivity contribution is 7.87. The number of hydrogen-bond donors (Lipinski definition) is 1. The first kappa shape index (κ1) is 16.5. The molecular formula is C18H19NO4S. The summed E-state index contributed by atoms with van der Waals surface area (Å²) in [6, 6.07) is 8.42. The largest absolute Gasteiger partial charge is 0.378 e. The molecule has 0 atom stereocenters. The Kier molecular flexibility index (Phi) is 4.09. The molecule has 1 aliphatic heterocycles. The molecule has 6 heteroatoms. The lowest BCUT2D eigenvalue weighted by Crippen LogP contribution is -2.20. The lowest BCUT2D eigenvalue weighted by atomic mass is 10.0. The number of hydrogen-bond acceptors (Lipinski definition) is 4. The molecule has 2 aromatic rings. The Bertz CT molecular complexity index is 909. The Morgan fingerprint density at radius 3 is 2.33 bits per heavy atom. The number of carbonyl (C=O) groups is 1. The van der Waals surface area contributed by atoms with Crippen LogP contribution in [-0.4, -0.2) is 14.3 Å². The molecule has 1 aliphatic rings. The van der Waals surface area contributed by atoms with Gasteiger partial charge in [0.05, 0.1) is 0 Å². The second kappa shape index (κ2) is 5.94. The van der Waals surface area contributed by atoms with Crippen molar-refractivity contribution in [3.8, 4) is 5.75 Å². The minimum atomic E-state index is -3.93. The van der Waals surface area contributed by atoms with Gasteiger partial charge in [0.1, 0.15) is 10.6 Å². The summed E-state index contributed by atoms with van der Waals surface area (Å²) in [5.74, 6) is 0.312. The van der Waals surface area contributed by atoms with Crippen molar-refractivity contribution < 1.29 is 17.4 Å². The van der Waals surface area contributed by atoms with E-state index in [4.69, 9.17) is 4.18 Å². The zero-order chi connectivity index (χ0) is 17.5. The SMILES string of the molecule is Cc1cc(C)c(OS(=O)(=O)c2ccc3c(c2)CCC(=O)N3)c(C)c1. The average molecular weight is 345 g/mol. The molecule has 5 nitrogen and oxygen atoms in total. The minimum absolute atomic E-state index is 0.0553. The van der Waals surface area contributed by atoms with Crippen molar-refractivity contribution in [3.05, 3.63) is 52.6 Å². The third-order valence-electron chi connectivity index (χ3n) is 4.06. The first-order valence-corrected chi connectivity index (χ1v) is 9.12. The summed E-state index contributed by atoms with van der Waals surface area (Å²) in [4.78, 5) is 11.5. The van der Waals surface area contributed by atoms with Crippen LogP contribution in [0, 0.1) is 20.8 Å². The summed E-state index contributed by atoms with van der Waals surface area (Å²) < 4.78 is 30.7. The van der Waals surface area contributed by atoms with E-state index < -0.39 is 10.1 Å². The topological polar surface area (TPSA) is 72.5 Å². The van der Waals surface area contributed by atoms with E-state index in [-0.39, 0.29) is 10.8 Å². The lowest BCUT2D eigenvalue weighted by molar-refractivity contribution is -0.116. The average Bonchev–Trinajstić information content (AvgIpc) is 2.50. The van der Waals surface area contributed by atoms with E-state index in [2.05, 4.69) is 5.32 Å². The van der Waals surface area contributed by atoms with Gasteiger partial charge in [-0.25, -0.2) is 0 Å². The van der Waals surface area contributed by atoms with Gasteiger partial charge in [-0.05, 0) is 62.1 Å². The lowest BCUT2D eigenvalue weighted by Gasteiger charge is -2.18. The van der Waals surface area contributed by atoms with Crippen molar-refractivity contribution in [3.63, 3.8) is 0 Å². The molecule has 3 rings (SSSR count). The van der Waals surface area contributed by atoms with E-state index in [1.165, 1.54) is 6.07 Å². The van der Waals surface area contributed by atoms with Gasteiger partial charge < -0.3 is 9.50 Å². The molecule has 1 N–H and O–H groups in total. The molecule has 0 radical (unpaired) electrons. The van der Waals surface area contributed by atoms with Gasteiger partial charge in [-0.15, -0.1) is 0 Å². The Morgan fingerprint density at radius 1 is 1.00 bits per heavy atom. The predicted molar refractivity (Wildman–Crippen MR) is 91.9 cm³/mol. The summed E-state index contributed by atoms with van der Waals surface area (Å²) in [5, 5.41) is 2.74. The van der Waals surface area contributed by atoms with Gasteiger partial charge in [-0.3, -0.25) is 4.79 Å². The number of benzene rings is 2. The van der Waals surface area contributed by atoms with E-state index >= 15 is 0 Å². The van der Waals surface area contributed by atoms with Crippen molar-refractivity contribution in [2.24, 2.45) is 0 Å². The third-order valence-corrected chi connectivity index (χ3v) is 5.28. The molecule has 0 spiro atoms. The highest BCUT2D eigenvalue weighted by atomic mass is 32.2. The van der Waals surface area contributed by atoms with Crippen molar-refractivity contribution in [1.82, 2.24) is 0 Å². The van der Waals surface area contributed by atoms with E-state index in [0.29, 0.717) is 24.3 Å². The van der Waals surface area contributed by atoms with Crippen LogP contribution in [0.1, 0.15) is 28.7 Å². The summed E-state index contributed by atoms with van der Waals surface area (Å²) in [7, 11) is -3.93. The number of fused-ring (bicyclic) bond motifs is 1. The van der Waals surface area contributed by atoms with Gasteiger partial charge in [-0.2, -0.15) is 8.42 Å². The van der Waals surface area contributed by atoms with Crippen LogP contribution in [-0.2, 0) is 21.3 Å². The Balaban J connectivity index is 1.96. The van der Waals surface area contributed by atoms with Crippen molar-refractivity contribution >= 4 is 21.7 Å². The second-order valence-corrected chi connectivity index (χ2v) is 7.68.